The Morgan fingerprint density at radius 1 is 1.47 bits per heavy atom. The van der Waals surface area contributed by atoms with Crippen molar-refractivity contribution in [2.75, 3.05) is 26.3 Å². The summed E-state index contributed by atoms with van der Waals surface area (Å²) in [6, 6.07) is -0.953. The van der Waals surface area contributed by atoms with Crippen LogP contribution in [0.15, 0.2) is 0 Å². The number of likely N-dealkylation sites (tertiary alicyclic amines) is 1. The normalized spacial score (nSPS) is 18.9. The molecular formula is C13H24N2O4. The third-order valence-electron chi connectivity index (χ3n) is 2.99. The molecule has 0 aromatic rings. The first-order valence-corrected chi connectivity index (χ1v) is 6.87. The first kappa shape index (κ1) is 15.8. The summed E-state index contributed by atoms with van der Waals surface area (Å²) in [6.07, 6.45) is 2.03. The lowest BCUT2D eigenvalue weighted by Gasteiger charge is -2.21. The van der Waals surface area contributed by atoms with Crippen LogP contribution >= 0.6 is 0 Å². The van der Waals surface area contributed by atoms with Crippen LogP contribution in [-0.2, 0) is 9.53 Å². The number of urea groups is 1. The van der Waals surface area contributed by atoms with Gasteiger partial charge in [0.25, 0.3) is 0 Å². The predicted molar refractivity (Wildman–Crippen MR) is 71.0 cm³/mol. The largest absolute Gasteiger partial charge is 0.480 e. The molecule has 19 heavy (non-hydrogen) atoms. The van der Waals surface area contributed by atoms with Gasteiger partial charge >= 0.3 is 12.0 Å². The second-order valence-corrected chi connectivity index (χ2v) is 5.24. The molecule has 2 amide bonds. The van der Waals surface area contributed by atoms with E-state index in [1.807, 2.05) is 0 Å². The monoisotopic (exact) mass is 272 g/mol. The molecule has 0 spiro atoms. The summed E-state index contributed by atoms with van der Waals surface area (Å²) in [4.78, 5) is 24.2. The number of carboxylic acid groups (broad SMARTS) is 1. The number of hydrogen-bond acceptors (Lipinski definition) is 3. The molecule has 1 atom stereocenters. The van der Waals surface area contributed by atoms with Crippen LogP contribution in [0.5, 0.6) is 0 Å². The maximum atomic E-state index is 11.8. The zero-order chi connectivity index (χ0) is 14.3. The molecule has 6 nitrogen and oxygen atoms in total. The Labute approximate surface area is 114 Å². The summed E-state index contributed by atoms with van der Waals surface area (Å²) in [5.74, 6) is -0.413. The lowest BCUT2D eigenvalue weighted by Crippen LogP contribution is -2.46. The van der Waals surface area contributed by atoms with E-state index in [1.54, 1.807) is 0 Å². The number of nitrogens with zero attached hydrogens (tertiary/aromatic N) is 1. The van der Waals surface area contributed by atoms with Gasteiger partial charge in [-0.15, -0.1) is 0 Å². The number of rotatable bonds is 7. The van der Waals surface area contributed by atoms with Crippen LogP contribution in [0, 0.1) is 5.92 Å². The number of ether oxygens (including phenoxy) is 1. The lowest BCUT2D eigenvalue weighted by molar-refractivity contribution is -0.141. The van der Waals surface area contributed by atoms with Crippen LogP contribution in [0.25, 0.3) is 0 Å². The quantitative estimate of drug-likeness (QED) is 0.685. The zero-order valence-corrected chi connectivity index (χ0v) is 11.7. The molecule has 1 fully saturated rings. The highest BCUT2D eigenvalue weighted by molar-refractivity contribution is 5.83. The van der Waals surface area contributed by atoms with Gasteiger partial charge in [-0.05, 0) is 25.2 Å². The van der Waals surface area contributed by atoms with Gasteiger partial charge in [-0.3, -0.25) is 0 Å². The van der Waals surface area contributed by atoms with E-state index in [0.717, 1.165) is 19.4 Å². The average molecular weight is 272 g/mol. The van der Waals surface area contributed by atoms with Crippen molar-refractivity contribution in [2.45, 2.75) is 39.2 Å². The van der Waals surface area contributed by atoms with Crippen LogP contribution < -0.4 is 5.32 Å². The van der Waals surface area contributed by atoms with Crippen molar-refractivity contribution in [3.63, 3.8) is 0 Å². The van der Waals surface area contributed by atoms with Gasteiger partial charge in [0.2, 0.25) is 0 Å². The molecule has 0 aromatic heterocycles. The van der Waals surface area contributed by atoms with Gasteiger partial charge in [0.1, 0.15) is 6.04 Å². The minimum atomic E-state index is -0.923. The van der Waals surface area contributed by atoms with Gasteiger partial charge in [0, 0.05) is 26.3 Å². The molecule has 1 rings (SSSR count). The predicted octanol–water partition coefficient (Wildman–Crippen LogP) is 1.31. The van der Waals surface area contributed by atoms with Crippen LogP contribution in [-0.4, -0.2) is 54.4 Å². The molecule has 0 bridgehead atoms. The van der Waals surface area contributed by atoms with Crippen molar-refractivity contribution in [3.8, 4) is 0 Å². The van der Waals surface area contributed by atoms with E-state index in [9.17, 15) is 9.59 Å². The van der Waals surface area contributed by atoms with Gasteiger partial charge in [0.05, 0.1) is 0 Å². The first-order valence-electron chi connectivity index (χ1n) is 6.87. The van der Waals surface area contributed by atoms with Crippen molar-refractivity contribution in [2.24, 2.45) is 5.92 Å². The number of carbonyl (C=O) groups excluding carboxylic acids is 1. The minimum Gasteiger partial charge on any atom is -0.480 e. The summed E-state index contributed by atoms with van der Waals surface area (Å²) in [5, 5.41) is 11.7. The number of aliphatic carboxylic acids is 1. The van der Waals surface area contributed by atoms with Crippen molar-refractivity contribution in [1.29, 1.82) is 0 Å². The number of hydrogen-bond donors (Lipinski definition) is 2. The van der Waals surface area contributed by atoms with Gasteiger partial charge in [-0.1, -0.05) is 13.8 Å². The Morgan fingerprint density at radius 3 is 2.84 bits per heavy atom. The highest BCUT2D eigenvalue weighted by atomic mass is 16.5. The van der Waals surface area contributed by atoms with Gasteiger partial charge in [-0.2, -0.15) is 0 Å². The molecule has 1 aliphatic heterocycles. The average Bonchev–Trinajstić information content (AvgIpc) is 2.82. The third kappa shape index (κ3) is 5.46. The van der Waals surface area contributed by atoms with E-state index < -0.39 is 12.0 Å². The molecule has 0 aromatic carbocycles. The van der Waals surface area contributed by atoms with E-state index in [2.05, 4.69) is 19.2 Å². The fraction of sp³-hybridized carbons (Fsp3) is 0.846. The van der Waals surface area contributed by atoms with Gasteiger partial charge in [-0.25, -0.2) is 9.59 Å². The Balaban J connectivity index is 2.15. The number of nitrogens with one attached hydrogen (secondary N) is 1. The zero-order valence-electron chi connectivity index (χ0n) is 11.7. The third-order valence-corrected chi connectivity index (χ3v) is 2.99. The molecule has 1 saturated heterocycles. The summed E-state index contributed by atoms with van der Waals surface area (Å²) in [7, 11) is 0. The molecule has 6 heteroatoms. The SMILES string of the molecule is CC(C)COCCCNC(=O)N1CCC[C@@H]1C(=O)O. The molecule has 0 unspecified atom stereocenters. The molecule has 0 aliphatic carbocycles. The minimum absolute atomic E-state index is 0.284. The molecule has 1 aliphatic rings. The fourth-order valence-corrected chi connectivity index (χ4v) is 2.06. The van der Waals surface area contributed by atoms with Crippen LogP contribution in [0.4, 0.5) is 4.79 Å². The summed E-state index contributed by atoms with van der Waals surface area (Å²) < 4.78 is 5.40. The highest BCUT2D eigenvalue weighted by Gasteiger charge is 2.33. The molecular weight excluding hydrogens is 248 g/mol. The summed E-state index contributed by atoms with van der Waals surface area (Å²) >= 11 is 0. The second-order valence-electron chi connectivity index (χ2n) is 5.24. The fourth-order valence-electron chi connectivity index (χ4n) is 2.06. The van der Waals surface area contributed by atoms with Crippen molar-refractivity contribution in [1.82, 2.24) is 10.2 Å². The number of amides is 2. The van der Waals surface area contributed by atoms with E-state index in [1.165, 1.54) is 4.90 Å². The maximum Gasteiger partial charge on any atom is 0.326 e. The lowest BCUT2D eigenvalue weighted by atomic mass is 10.2. The molecule has 0 saturated carbocycles. The number of carbonyl (C=O) groups is 2. The molecule has 110 valence electrons. The highest BCUT2D eigenvalue weighted by Crippen LogP contribution is 2.17. The van der Waals surface area contributed by atoms with Gasteiger partial charge in [0.15, 0.2) is 0 Å². The van der Waals surface area contributed by atoms with Crippen LogP contribution in [0.2, 0.25) is 0 Å². The first-order chi connectivity index (χ1) is 9.02. The Morgan fingerprint density at radius 2 is 2.21 bits per heavy atom. The topological polar surface area (TPSA) is 78.9 Å². The van der Waals surface area contributed by atoms with E-state index in [-0.39, 0.29) is 6.03 Å². The Kier molecular flexibility index (Phi) is 6.62. The maximum absolute atomic E-state index is 11.8. The Hall–Kier alpha value is -1.30. The summed E-state index contributed by atoms with van der Waals surface area (Å²) in [5.41, 5.74) is 0. The molecule has 2 N–H and O–H groups in total. The van der Waals surface area contributed by atoms with E-state index >= 15 is 0 Å². The Bertz CT molecular complexity index is 307. The van der Waals surface area contributed by atoms with Crippen LogP contribution in [0.3, 0.4) is 0 Å². The number of carboxylic acids is 1. The van der Waals surface area contributed by atoms with Crippen molar-refractivity contribution < 1.29 is 19.4 Å². The van der Waals surface area contributed by atoms with E-state index in [4.69, 9.17) is 9.84 Å². The molecule has 1 heterocycles. The summed E-state index contributed by atoms with van der Waals surface area (Å²) in [6.45, 7) is 6.54. The smallest absolute Gasteiger partial charge is 0.326 e. The van der Waals surface area contributed by atoms with E-state index in [0.29, 0.717) is 32.0 Å². The van der Waals surface area contributed by atoms with Crippen molar-refractivity contribution >= 4 is 12.0 Å². The van der Waals surface area contributed by atoms with Crippen molar-refractivity contribution in [3.05, 3.63) is 0 Å². The second kappa shape index (κ2) is 7.99. The standard InChI is InChI=1S/C13H24N2O4/c1-10(2)9-19-8-4-6-14-13(18)15-7-3-5-11(15)12(16)17/h10-11H,3-9H2,1-2H3,(H,14,18)(H,16,17)/t11-/m1/s1. The molecule has 0 radical (unpaired) electrons. The van der Waals surface area contributed by atoms with Crippen LogP contribution in [0.1, 0.15) is 33.1 Å². The van der Waals surface area contributed by atoms with Gasteiger partial charge < -0.3 is 20.1 Å².